The molecule has 1 unspecified atom stereocenters. The third-order valence-electron chi connectivity index (χ3n) is 5.38. The molecule has 2 saturated carbocycles. The normalized spacial score (nSPS) is 24.9. The van der Waals surface area contributed by atoms with Crippen molar-refractivity contribution in [3.63, 3.8) is 0 Å². The minimum Gasteiger partial charge on any atom is -0.307 e. The zero-order valence-corrected chi connectivity index (χ0v) is 13.2. The molecule has 1 aromatic rings. The van der Waals surface area contributed by atoms with Gasteiger partial charge in [0.25, 0.3) is 0 Å². The molecule has 1 nitrogen and oxygen atoms in total. The fourth-order valence-electron chi connectivity index (χ4n) is 4.14. The van der Waals surface area contributed by atoms with Crippen LogP contribution in [0.25, 0.3) is 0 Å². The third-order valence-corrected chi connectivity index (χ3v) is 6.57. The van der Waals surface area contributed by atoms with Crippen LogP contribution in [-0.4, -0.2) is 6.04 Å². The molecule has 0 radical (unpaired) electrons. The number of hydrogen-bond donors (Lipinski definition) is 1. The Morgan fingerprint density at radius 1 is 1.16 bits per heavy atom. The molecule has 1 aromatic heterocycles. The summed E-state index contributed by atoms with van der Waals surface area (Å²) < 4.78 is 0. The van der Waals surface area contributed by atoms with Crippen LogP contribution >= 0.6 is 11.3 Å². The number of rotatable bonds is 3. The molecule has 3 rings (SSSR count). The van der Waals surface area contributed by atoms with Crippen LogP contribution in [0.5, 0.6) is 0 Å². The summed E-state index contributed by atoms with van der Waals surface area (Å²) in [4.78, 5) is 2.93. The summed E-state index contributed by atoms with van der Waals surface area (Å²) in [6.45, 7) is 4.52. The fraction of sp³-hybridized carbons (Fsp3) is 0.765. The second-order valence-electron chi connectivity index (χ2n) is 6.82. The molecule has 19 heavy (non-hydrogen) atoms. The van der Waals surface area contributed by atoms with E-state index in [4.69, 9.17) is 0 Å². The van der Waals surface area contributed by atoms with Gasteiger partial charge in [-0.2, -0.15) is 0 Å². The summed E-state index contributed by atoms with van der Waals surface area (Å²) in [7, 11) is 0. The van der Waals surface area contributed by atoms with Crippen LogP contribution < -0.4 is 5.32 Å². The molecular weight excluding hydrogens is 250 g/mol. The van der Waals surface area contributed by atoms with Gasteiger partial charge in [0.1, 0.15) is 0 Å². The Kier molecular flexibility index (Phi) is 4.00. The van der Waals surface area contributed by atoms with Gasteiger partial charge < -0.3 is 5.32 Å². The fourth-order valence-corrected chi connectivity index (χ4v) is 5.03. The van der Waals surface area contributed by atoms with Crippen LogP contribution in [0.2, 0.25) is 0 Å². The van der Waals surface area contributed by atoms with E-state index in [9.17, 15) is 0 Å². The van der Waals surface area contributed by atoms with E-state index in [1.165, 1.54) is 61.1 Å². The first-order valence-electron chi connectivity index (χ1n) is 7.99. The van der Waals surface area contributed by atoms with E-state index in [2.05, 4.69) is 31.3 Å². The quantitative estimate of drug-likeness (QED) is 0.799. The molecule has 1 heterocycles. The largest absolute Gasteiger partial charge is 0.307 e. The van der Waals surface area contributed by atoms with E-state index in [1.807, 2.05) is 11.3 Å². The highest BCUT2D eigenvalue weighted by molar-refractivity contribution is 7.12. The summed E-state index contributed by atoms with van der Waals surface area (Å²) >= 11 is 1.94. The molecule has 1 spiro atoms. The summed E-state index contributed by atoms with van der Waals surface area (Å²) in [6, 6.07) is 5.82. The van der Waals surface area contributed by atoms with E-state index in [1.54, 1.807) is 0 Å². The molecule has 0 aromatic carbocycles. The maximum Gasteiger partial charge on any atom is 0.0388 e. The van der Waals surface area contributed by atoms with E-state index in [-0.39, 0.29) is 0 Å². The van der Waals surface area contributed by atoms with E-state index < -0.39 is 0 Å². The third kappa shape index (κ3) is 3.05. The van der Waals surface area contributed by atoms with Gasteiger partial charge in [-0.1, -0.05) is 12.8 Å². The van der Waals surface area contributed by atoms with E-state index in [0.29, 0.717) is 6.04 Å². The smallest absolute Gasteiger partial charge is 0.0388 e. The van der Waals surface area contributed by atoms with Crippen LogP contribution in [0, 0.1) is 12.3 Å². The van der Waals surface area contributed by atoms with Gasteiger partial charge in [0.2, 0.25) is 0 Å². The van der Waals surface area contributed by atoms with Crippen molar-refractivity contribution in [3.8, 4) is 0 Å². The van der Waals surface area contributed by atoms with Gasteiger partial charge in [0.15, 0.2) is 0 Å². The molecule has 0 saturated heterocycles. The summed E-state index contributed by atoms with van der Waals surface area (Å²) in [5.74, 6) is 0. The molecule has 1 atom stereocenters. The summed E-state index contributed by atoms with van der Waals surface area (Å²) in [5, 5.41) is 3.87. The van der Waals surface area contributed by atoms with Crippen LogP contribution in [-0.2, 0) is 0 Å². The van der Waals surface area contributed by atoms with Crippen LogP contribution in [0.15, 0.2) is 12.1 Å². The number of aryl methyl sites for hydroxylation is 1. The molecular formula is C17H27NS. The summed E-state index contributed by atoms with van der Waals surface area (Å²) in [5.41, 5.74) is 0.765. The van der Waals surface area contributed by atoms with Crippen molar-refractivity contribution in [1.29, 1.82) is 0 Å². The minimum atomic E-state index is 0.529. The molecule has 2 fully saturated rings. The van der Waals surface area contributed by atoms with Gasteiger partial charge in [-0.15, -0.1) is 11.3 Å². The predicted octanol–water partition coefficient (Wildman–Crippen LogP) is 5.21. The van der Waals surface area contributed by atoms with Crippen molar-refractivity contribution < 1.29 is 0 Å². The number of hydrogen-bond acceptors (Lipinski definition) is 2. The molecule has 0 aliphatic heterocycles. The molecule has 0 amide bonds. The lowest BCUT2D eigenvalue weighted by Gasteiger charge is -2.38. The standard InChI is InChI=1S/C17H27NS/c1-13-5-6-16(19-13)14(2)18-15-7-11-17(12-8-15)9-3-4-10-17/h5-6,14-15,18H,3-4,7-12H2,1-2H3. The highest BCUT2D eigenvalue weighted by Crippen LogP contribution is 2.49. The van der Waals surface area contributed by atoms with Gasteiger partial charge in [-0.3, -0.25) is 0 Å². The van der Waals surface area contributed by atoms with Gasteiger partial charge in [0, 0.05) is 21.8 Å². The topological polar surface area (TPSA) is 12.0 Å². The average Bonchev–Trinajstić information content (AvgIpc) is 3.02. The molecule has 106 valence electrons. The van der Waals surface area contributed by atoms with Crippen molar-refractivity contribution in [3.05, 3.63) is 21.9 Å². The lowest BCUT2D eigenvalue weighted by Crippen LogP contribution is -2.37. The predicted molar refractivity (Wildman–Crippen MR) is 83.8 cm³/mol. The Balaban J connectivity index is 1.52. The SMILES string of the molecule is Cc1ccc(C(C)NC2CCC3(CCCC3)CC2)s1. The minimum absolute atomic E-state index is 0.529. The maximum absolute atomic E-state index is 3.87. The van der Waals surface area contributed by atoms with Gasteiger partial charge in [0.05, 0.1) is 0 Å². The van der Waals surface area contributed by atoms with Crippen LogP contribution in [0.3, 0.4) is 0 Å². The first-order chi connectivity index (χ1) is 9.17. The molecule has 2 aliphatic carbocycles. The second-order valence-corrected chi connectivity index (χ2v) is 8.14. The lowest BCUT2D eigenvalue weighted by atomic mass is 9.71. The van der Waals surface area contributed by atoms with Crippen molar-refractivity contribution in [2.45, 2.75) is 77.3 Å². The highest BCUT2D eigenvalue weighted by Gasteiger charge is 2.37. The van der Waals surface area contributed by atoms with Crippen LogP contribution in [0.1, 0.15) is 74.1 Å². The lowest BCUT2D eigenvalue weighted by molar-refractivity contribution is 0.164. The van der Waals surface area contributed by atoms with Crippen molar-refractivity contribution in [2.24, 2.45) is 5.41 Å². The Labute approximate surface area is 121 Å². The first-order valence-corrected chi connectivity index (χ1v) is 8.81. The maximum atomic E-state index is 3.87. The number of thiophene rings is 1. The Morgan fingerprint density at radius 3 is 2.42 bits per heavy atom. The van der Waals surface area contributed by atoms with E-state index >= 15 is 0 Å². The van der Waals surface area contributed by atoms with Crippen molar-refractivity contribution >= 4 is 11.3 Å². The molecule has 1 N–H and O–H groups in total. The van der Waals surface area contributed by atoms with Gasteiger partial charge in [-0.25, -0.2) is 0 Å². The van der Waals surface area contributed by atoms with Crippen molar-refractivity contribution in [1.82, 2.24) is 5.32 Å². The summed E-state index contributed by atoms with van der Waals surface area (Å²) in [6.07, 6.45) is 11.7. The molecule has 2 heteroatoms. The Bertz CT molecular complexity index is 407. The highest BCUT2D eigenvalue weighted by atomic mass is 32.1. The zero-order valence-electron chi connectivity index (χ0n) is 12.4. The van der Waals surface area contributed by atoms with Gasteiger partial charge >= 0.3 is 0 Å². The number of nitrogens with one attached hydrogen (secondary N) is 1. The zero-order chi connectivity index (χ0) is 13.3. The Hall–Kier alpha value is -0.340. The Morgan fingerprint density at radius 2 is 1.84 bits per heavy atom. The molecule has 2 aliphatic rings. The monoisotopic (exact) mass is 277 g/mol. The van der Waals surface area contributed by atoms with Crippen LogP contribution in [0.4, 0.5) is 0 Å². The van der Waals surface area contributed by atoms with Crippen molar-refractivity contribution in [2.75, 3.05) is 0 Å². The second kappa shape index (κ2) is 5.57. The average molecular weight is 277 g/mol. The first kappa shape index (κ1) is 13.6. The van der Waals surface area contributed by atoms with Gasteiger partial charge in [-0.05, 0) is 69.9 Å². The molecule has 0 bridgehead atoms. The van der Waals surface area contributed by atoms with E-state index in [0.717, 1.165) is 11.5 Å².